The minimum Gasteiger partial charge on any atom is -0.378 e. The molecule has 0 aliphatic heterocycles. The van der Waals surface area contributed by atoms with Crippen molar-refractivity contribution in [3.8, 4) is 0 Å². The molecule has 0 bridgehead atoms. The van der Waals surface area contributed by atoms with Gasteiger partial charge in [-0.3, -0.25) is 5.10 Å². The molecule has 2 heterocycles. The van der Waals surface area contributed by atoms with Crippen molar-refractivity contribution in [3.05, 3.63) is 39.9 Å². The van der Waals surface area contributed by atoms with Gasteiger partial charge >= 0.3 is 0 Å². The fraction of sp³-hybridized carbons (Fsp3) is 0.0909. The molecule has 2 N–H and O–H groups in total. The van der Waals surface area contributed by atoms with Crippen molar-refractivity contribution < 1.29 is 0 Å². The number of halogens is 1. The van der Waals surface area contributed by atoms with Crippen molar-refractivity contribution in [1.29, 1.82) is 0 Å². The lowest BCUT2D eigenvalue weighted by molar-refractivity contribution is 1.11. The lowest BCUT2D eigenvalue weighted by Gasteiger charge is -2.05. The van der Waals surface area contributed by atoms with Crippen molar-refractivity contribution in [2.45, 2.75) is 6.54 Å². The molecule has 0 aliphatic rings. The van der Waals surface area contributed by atoms with Gasteiger partial charge in [0.2, 0.25) is 0 Å². The Morgan fingerprint density at radius 1 is 1.35 bits per heavy atom. The Labute approximate surface area is 107 Å². The topological polar surface area (TPSA) is 53.6 Å². The molecular weight excluding hydrogens is 256 g/mol. The smallest absolute Gasteiger partial charge is 0.183 e. The highest BCUT2D eigenvalue weighted by Crippen LogP contribution is 2.23. The molecular formula is C11H9ClN4S. The van der Waals surface area contributed by atoms with Crippen molar-refractivity contribution in [2.75, 3.05) is 5.32 Å². The van der Waals surface area contributed by atoms with Gasteiger partial charge < -0.3 is 5.32 Å². The van der Waals surface area contributed by atoms with Crippen LogP contribution in [0.25, 0.3) is 10.9 Å². The zero-order valence-corrected chi connectivity index (χ0v) is 10.3. The number of aromatic amines is 1. The number of anilines is 1. The molecule has 0 atom stereocenters. The van der Waals surface area contributed by atoms with E-state index in [0.29, 0.717) is 11.0 Å². The maximum Gasteiger partial charge on any atom is 0.183 e. The third kappa shape index (κ3) is 2.11. The average Bonchev–Trinajstić information content (AvgIpc) is 2.94. The highest BCUT2D eigenvalue weighted by Gasteiger charge is 2.03. The Balaban J connectivity index is 1.83. The average molecular weight is 265 g/mol. The van der Waals surface area contributed by atoms with Crippen LogP contribution in [0.1, 0.15) is 4.88 Å². The molecule has 0 saturated heterocycles. The third-order valence-electron chi connectivity index (χ3n) is 2.46. The molecule has 0 amide bonds. The van der Waals surface area contributed by atoms with Gasteiger partial charge in [0.1, 0.15) is 0 Å². The van der Waals surface area contributed by atoms with Gasteiger partial charge in [-0.25, -0.2) is 4.98 Å². The van der Waals surface area contributed by atoms with Gasteiger partial charge in [0, 0.05) is 16.5 Å². The van der Waals surface area contributed by atoms with Crippen LogP contribution in [0.5, 0.6) is 0 Å². The van der Waals surface area contributed by atoms with Crippen LogP contribution in [0, 0.1) is 0 Å². The number of aromatic nitrogens is 3. The minimum atomic E-state index is 0.571. The molecule has 3 aromatic rings. The van der Waals surface area contributed by atoms with Crippen LogP contribution in [0.2, 0.25) is 4.47 Å². The molecule has 17 heavy (non-hydrogen) atoms. The van der Waals surface area contributed by atoms with E-state index in [9.17, 15) is 0 Å². The summed E-state index contributed by atoms with van der Waals surface area (Å²) in [6.45, 7) is 0.711. The fourth-order valence-electron chi connectivity index (χ4n) is 1.66. The predicted molar refractivity (Wildman–Crippen MR) is 70.5 cm³/mol. The molecule has 86 valence electrons. The minimum absolute atomic E-state index is 0.571. The number of para-hydroxylation sites is 1. The molecule has 0 unspecified atom stereocenters. The lowest BCUT2D eigenvalue weighted by Crippen LogP contribution is -1.97. The van der Waals surface area contributed by atoms with Gasteiger partial charge in [-0.15, -0.1) is 11.3 Å². The van der Waals surface area contributed by atoms with Gasteiger partial charge in [0.05, 0.1) is 23.9 Å². The van der Waals surface area contributed by atoms with Crippen LogP contribution in [0.3, 0.4) is 0 Å². The van der Waals surface area contributed by atoms with E-state index in [-0.39, 0.29) is 0 Å². The van der Waals surface area contributed by atoms with Crippen LogP contribution in [0.15, 0.2) is 30.6 Å². The summed E-state index contributed by atoms with van der Waals surface area (Å²) in [5.41, 5.74) is 2.05. The number of nitrogens with zero attached hydrogens (tertiary/aromatic N) is 2. The summed E-state index contributed by atoms with van der Waals surface area (Å²) in [7, 11) is 0. The largest absolute Gasteiger partial charge is 0.378 e. The molecule has 0 radical (unpaired) electrons. The van der Waals surface area contributed by atoms with E-state index in [2.05, 4.69) is 20.5 Å². The summed E-state index contributed by atoms with van der Waals surface area (Å²) in [5.74, 6) is 0. The predicted octanol–water partition coefficient (Wildman–Crippen LogP) is 3.28. The second kappa shape index (κ2) is 4.35. The van der Waals surface area contributed by atoms with E-state index in [1.165, 1.54) is 11.3 Å². The summed E-state index contributed by atoms with van der Waals surface area (Å²) in [5, 5.41) is 11.4. The standard InChI is InChI=1S/C11H9ClN4S/c12-11-14-6-8(17-11)5-13-9-3-1-2-7-4-15-16-10(7)9/h1-4,6,13H,5H2,(H,15,16). The number of H-pyrrole nitrogens is 1. The Morgan fingerprint density at radius 3 is 3.12 bits per heavy atom. The summed E-state index contributed by atoms with van der Waals surface area (Å²) in [6, 6.07) is 6.04. The van der Waals surface area contributed by atoms with Crippen LogP contribution < -0.4 is 5.32 Å². The quantitative estimate of drug-likeness (QED) is 0.763. The molecule has 0 fully saturated rings. The summed E-state index contributed by atoms with van der Waals surface area (Å²) in [4.78, 5) is 5.11. The summed E-state index contributed by atoms with van der Waals surface area (Å²) < 4.78 is 0.571. The highest BCUT2D eigenvalue weighted by atomic mass is 35.5. The SMILES string of the molecule is Clc1ncc(CNc2cccc3cn[nH]c23)s1. The molecule has 0 aliphatic carbocycles. The third-order valence-corrected chi connectivity index (χ3v) is 3.57. The van der Waals surface area contributed by atoms with Gasteiger partial charge in [-0.2, -0.15) is 5.10 Å². The Bertz CT molecular complexity index is 646. The number of hydrogen-bond donors (Lipinski definition) is 2. The van der Waals surface area contributed by atoms with E-state index in [1.807, 2.05) is 24.4 Å². The van der Waals surface area contributed by atoms with Gasteiger partial charge in [0.15, 0.2) is 4.47 Å². The Kier molecular flexibility index (Phi) is 2.70. The zero-order chi connectivity index (χ0) is 11.7. The Morgan fingerprint density at radius 2 is 2.29 bits per heavy atom. The van der Waals surface area contributed by atoms with Gasteiger partial charge in [-0.05, 0) is 6.07 Å². The van der Waals surface area contributed by atoms with Crippen molar-refractivity contribution in [2.24, 2.45) is 0 Å². The van der Waals surface area contributed by atoms with Crippen molar-refractivity contribution in [1.82, 2.24) is 15.2 Å². The van der Waals surface area contributed by atoms with E-state index in [4.69, 9.17) is 11.6 Å². The normalized spacial score (nSPS) is 10.9. The van der Waals surface area contributed by atoms with E-state index in [0.717, 1.165) is 21.5 Å². The number of thiazole rings is 1. The first-order valence-corrected chi connectivity index (χ1v) is 6.28. The lowest BCUT2D eigenvalue weighted by atomic mass is 10.2. The second-order valence-corrected chi connectivity index (χ2v) is 5.27. The van der Waals surface area contributed by atoms with Crippen molar-refractivity contribution >= 4 is 39.5 Å². The van der Waals surface area contributed by atoms with Crippen LogP contribution in [-0.2, 0) is 6.54 Å². The number of nitrogens with one attached hydrogen (secondary N) is 2. The fourth-order valence-corrected chi connectivity index (χ4v) is 2.58. The van der Waals surface area contributed by atoms with Gasteiger partial charge in [-0.1, -0.05) is 23.7 Å². The monoisotopic (exact) mass is 264 g/mol. The molecule has 4 nitrogen and oxygen atoms in total. The molecule has 6 heteroatoms. The maximum atomic E-state index is 5.78. The highest BCUT2D eigenvalue weighted by molar-refractivity contribution is 7.15. The first-order chi connectivity index (χ1) is 8.33. The molecule has 0 spiro atoms. The number of rotatable bonds is 3. The zero-order valence-electron chi connectivity index (χ0n) is 8.77. The van der Waals surface area contributed by atoms with Crippen LogP contribution in [-0.4, -0.2) is 15.2 Å². The maximum absolute atomic E-state index is 5.78. The van der Waals surface area contributed by atoms with E-state index >= 15 is 0 Å². The molecule has 1 aromatic carbocycles. The summed E-state index contributed by atoms with van der Waals surface area (Å²) >= 11 is 7.26. The first-order valence-electron chi connectivity index (χ1n) is 5.09. The second-order valence-electron chi connectivity index (χ2n) is 3.57. The van der Waals surface area contributed by atoms with Crippen molar-refractivity contribution in [3.63, 3.8) is 0 Å². The van der Waals surface area contributed by atoms with Crippen LogP contribution >= 0.6 is 22.9 Å². The van der Waals surface area contributed by atoms with Crippen LogP contribution in [0.4, 0.5) is 5.69 Å². The van der Waals surface area contributed by atoms with E-state index in [1.54, 1.807) is 6.20 Å². The molecule has 3 rings (SSSR count). The summed E-state index contributed by atoms with van der Waals surface area (Å²) in [6.07, 6.45) is 3.59. The Hall–Kier alpha value is -1.59. The van der Waals surface area contributed by atoms with Gasteiger partial charge in [0.25, 0.3) is 0 Å². The molecule has 0 saturated carbocycles. The number of hydrogen-bond acceptors (Lipinski definition) is 4. The first kappa shape index (κ1) is 10.6. The number of benzene rings is 1. The number of fused-ring (bicyclic) bond motifs is 1. The van der Waals surface area contributed by atoms with E-state index < -0.39 is 0 Å². The molecule has 2 aromatic heterocycles.